The van der Waals surface area contributed by atoms with Gasteiger partial charge in [-0.1, -0.05) is 20.3 Å². The number of hydrogen-bond donors (Lipinski definition) is 0. The molecule has 1 heterocycles. The van der Waals surface area contributed by atoms with Crippen LogP contribution in [0.15, 0.2) is 0 Å². The summed E-state index contributed by atoms with van der Waals surface area (Å²) < 4.78 is 14.6. The van der Waals surface area contributed by atoms with Crippen LogP contribution in [0.5, 0.6) is 0 Å². The van der Waals surface area contributed by atoms with Crippen LogP contribution < -0.4 is 0 Å². The second-order valence-electron chi connectivity index (χ2n) is 2.94. The van der Waals surface area contributed by atoms with Crippen LogP contribution >= 0.6 is 0 Å². The first-order chi connectivity index (χ1) is 5.70. The van der Waals surface area contributed by atoms with E-state index in [9.17, 15) is 4.39 Å². The van der Waals surface area contributed by atoms with E-state index in [0.717, 1.165) is 30.5 Å². The molecule has 0 amide bonds. The number of nitrogens with zero attached hydrogens (tertiary/aromatic N) is 2. The van der Waals surface area contributed by atoms with Gasteiger partial charge in [0.2, 0.25) is 5.95 Å². The Balaban J connectivity index is 3.02. The number of halogens is 1. The lowest BCUT2D eigenvalue weighted by atomic mass is 10.1. The summed E-state index contributed by atoms with van der Waals surface area (Å²) >= 11 is 0. The molecule has 0 aliphatic carbocycles. The molecule has 1 aromatic heterocycles. The van der Waals surface area contributed by atoms with E-state index in [4.69, 9.17) is 0 Å². The highest BCUT2D eigenvalue weighted by molar-refractivity contribution is 5.18. The first-order valence-corrected chi connectivity index (χ1v) is 4.40. The van der Waals surface area contributed by atoms with E-state index in [0.29, 0.717) is 0 Å². The van der Waals surface area contributed by atoms with Gasteiger partial charge in [0, 0.05) is 12.6 Å². The maximum atomic E-state index is 13.2. The lowest BCUT2D eigenvalue weighted by Gasteiger charge is -1.94. The largest absolute Gasteiger partial charge is 0.242 e. The Kier molecular flexibility index (Phi) is 2.84. The Morgan fingerprint density at radius 1 is 1.42 bits per heavy atom. The van der Waals surface area contributed by atoms with Gasteiger partial charge in [0.05, 0.1) is 5.69 Å². The van der Waals surface area contributed by atoms with Gasteiger partial charge in [-0.15, -0.1) is 0 Å². The smallest absolute Gasteiger partial charge is 0.214 e. The summed E-state index contributed by atoms with van der Waals surface area (Å²) in [4.78, 5) is 0. The Morgan fingerprint density at radius 2 is 2.08 bits per heavy atom. The number of aromatic nitrogens is 2. The van der Waals surface area contributed by atoms with E-state index in [1.165, 1.54) is 4.68 Å². The highest BCUT2D eigenvalue weighted by atomic mass is 19.1. The number of aryl methyl sites for hydroxylation is 2. The summed E-state index contributed by atoms with van der Waals surface area (Å²) in [5, 5.41) is 4.11. The molecule has 0 fully saturated rings. The monoisotopic (exact) mass is 170 g/mol. The van der Waals surface area contributed by atoms with Crippen LogP contribution in [0.1, 0.15) is 31.5 Å². The second kappa shape index (κ2) is 3.70. The number of hydrogen-bond acceptors (Lipinski definition) is 1. The van der Waals surface area contributed by atoms with E-state index in [1.807, 2.05) is 6.92 Å². The van der Waals surface area contributed by atoms with Gasteiger partial charge in [-0.2, -0.15) is 9.49 Å². The molecule has 12 heavy (non-hydrogen) atoms. The van der Waals surface area contributed by atoms with E-state index >= 15 is 0 Å². The number of rotatable bonds is 3. The van der Waals surface area contributed by atoms with Crippen LogP contribution in [-0.2, 0) is 19.9 Å². The maximum Gasteiger partial charge on any atom is 0.214 e. The fourth-order valence-corrected chi connectivity index (χ4v) is 1.39. The topological polar surface area (TPSA) is 17.8 Å². The molecule has 1 aromatic rings. The van der Waals surface area contributed by atoms with Gasteiger partial charge in [0.1, 0.15) is 0 Å². The Hall–Kier alpha value is -0.860. The van der Waals surface area contributed by atoms with Crippen LogP contribution in [-0.4, -0.2) is 9.78 Å². The fraction of sp³-hybridized carbons (Fsp3) is 0.667. The zero-order chi connectivity index (χ0) is 9.14. The highest BCUT2D eigenvalue weighted by Crippen LogP contribution is 2.14. The van der Waals surface area contributed by atoms with Crippen LogP contribution in [0.2, 0.25) is 0 Å². The third kappa shape index (κ3) is 1.49. The minimum absolute atomic E-state index is 0.180. The molecule has 0 saturated heterocycles. The lowest BCUT2D eigenvalue weighted by Crippen LogP contribution is -1.94. The normalized spacial score (nSPS) is 10.7. The van der Waals surface area contributed by atoms with E-state index in [2.05, 4.69) is 12.0 Å². The predicted octanol–water partition coefficient (Wildman–Crippen LogP) is 2.07. The molecule has 0 unspecified atom stereocenters. The summed E-state index contributed by atoms with van der Waals surface area (Å²) in [5.74, 6) is -0.180. The van der Waals surface area contributed by atoms with Crippen molar-refractivity contribution in [1.82, 2.24) is 9.78 Å². The third-order valence-corrected chi connectivity index (χ3v) is 1.99. The average Bonchev–Trinajstić information content (AvgIpc) is 2.29. The van der Waals surface area contributed by atoms with Crippen molar-refractivity contribution in [3.05, 3.63) is 17.2 Å². The molecule has 0 radical (unpaired) electrons. The van der Waals surface area contributed by atoms with Crippen molar-refractivity contribution in [1.29, 1.82) is 0 Å². The Bertz CT molecular complexity index is 266. The molecule has 0 aromatic carbocycles. The molecule has 0 atom stereocenters. The first kappa shape index (κ1) is 9.23. The minimum Gasteiger partial charge on any atom is -0.242 e. The van der Waals surface area contributed by atoms with Gasteiger partial charge < -0.3 is 0 Å². The van der Waals surface area contributed by atoms with Crippen molar-refractivity contribution in [3.63, 3.8) is 0 Å². The summed E-state index contributed by atoms with van der Waals surface area (Å²) in [6.45, 7) is 4.03. The molecule has 68 valence electrons. The quantitative estimate of drug-likeness (QED) is 0.679. The standard InChI is InChI=1S/C9H15FN2/c1-4-6-8-7(5-2)9(10)12(3)11-8/h4-6H2,1-3H3. The van der Waals surface area contributed by atoms with Crippen LogP contribution in [0.3, 0.4) is 0 Å². The molecular weight excluding hydrogens is 155 g/mol. The lowest BCUT2D eigenvalue weighted by molar-refractivity contribution is 0.495. The molecule has 0 aliphatic rings. The van der Waals surface area contributed by atoms with E-state index in [-0.39, 0.29) is 5.95 Å². The van der Waals surface area contributed by atoms with Gasteiger partial charge in [0.25, 0.3) is 0 Å². The van der Waals surface area contributed by atoms with Gasteiger partial charge >= 0.3 is 0 Å². The summed E-state index contributed by atoms with van der Waals surface area (Å²) in [5.41, 5.74) is 1.69. The minimum atomic E-state index is -0.180. The van der Waals surface area contributed by atoms with Crippen LogP contribution in [0.25, 0.3) is 0 Å². The van der Waals surface area contributed by atoms with Crippen molar-refractivity contribution < 1.29 is 4.39 Å². The molecular formula is C9H15FN2. The molecule has 0 aliphatic heterocycles. The first-order valence-electron chi connectivity index (χ1n) is 4.40. The second-order valence-corrected chi connectivity index (χ2v) is 2.94. The van der Waals surface area contributed by atoms with Crippen molar-refractivity contribution >= 4 is 0 Å². The van der Waals surface area contributed by atoms with Gasteiger partial charge in [-0.05, 0) is 12.8 Å². The molecule has 0 saturated carbocycles. The SMILES string of the molecule is CCCc1nn(C)c(F)c1CC. The van der Waals surface area contributed by atoms with Crippen molar-refractivity contribution in [2.24, 2.45) is 7.05 Å². The molecule has 0 spiro atoms. The zero-order valence-electron chi connectivity index (χ0n) is 7.89. The molecule has 0 bridgehead atoms. The molecule has 0 N–H and O–H groups in total. The van der Waals surface area contributed by atoms with Crippen molar-refractivity contribution in [3.8, 4) is 0 Å². The summed E-state index contributed by atoms with van der Waals surface area (Å²) in [6, 6.07) is 0. The van der Waals surface area contributed by atoms with Gasteiger partial charge in [0.15, 0.2) is 0 Å². The van der Waals surface area contributed by atoms with E-state index < -0.39 is 0 Å². The third-order valence-electron chi connectivity index (χ3n) is 1.99. The van der Waals surface area contributed by atoms with Crippen LogP contribution in [0.4, 0.5) is 4.39 Å². The van der Waals surface area contributed by atoms with Crippen LogP contribution in [0, 0.1) is 5.95 Å². The van der Waals surface area contributed by atoms with Crippen molar-refractivity contribution in [2.45, 2.75) is 33.1 Å². The predicted molar refractivity (Wildman–Crippen MR) is 46.5 cm³/mol. The Labute approximate surface area is 72.4 Å². The molecule has 2 nitrogen and oxygen atoms in total. The fourth-order valence-electron chi connectivity index (χ4n) is 1.39. The molecule has 1 rings (SSSR count). The highest BCUT2D eigenvalue weighted by Gasteiger charge is 2.12. The average molecular weight is 170 g/mol. The zero-order valence-corrected chi connectivity index (χ0v) is 7.89. The summed E-state index contributed by atoms with van der Waals surface area (Å²) in [6.07, 6.45) is 2.62. The van der Waals surface area contributed by atoms with Gasteiger partial charge in [-0.25, -0.2) is 4.68 Å². The van der Waals surface area contributed by atoms with Gasteiger partial charge in [-0.3, -0.25) is 0 Å². The Morgan fingerprint density at radius 3 is 2.58 bits per heavy atom. The van der Waals surface area contributed by atoms with E-state index in [1.54, 1.807) is 7.05 Å². The van der Waals surface area contributed by atoms with Crippen molar-refractivity contribution in [2.75, 3.05) is 0 Å². The maximum absolute atomic E-state index is 13.2. The molecule has 3 heteroatoms. The summed E-state index contributed by atoms with van der Waals surface area (Å²) in [7, 11) is 1.65.